The van der Waals surface area contributed by atoms with Gasteiger partial charge in [-0.15, -0.1) is 0 Å². The molecule has 1 N–H and O–H groups in total. The van der Waals surface area contributed by atoms with E-state index in [0.717, 1.165) is 17.7 Å². The molecule has 0 heterocycles. The van der Waals surface area contributed by atoms with E-state index in [1.165, 1.54) is 0 Å². The van der Waals surface area contributed by atoms with Gasteiger partial charge in [0.2, 0.25) is 11.8 Å². The molecule has 1 atom stereocenters. The predicted octanol–water partition coefficient (Wildman–Crippen LogP) is 2.74. The van der Waals surface area contributed by atoms with Crippen LogP contribution in [0.1, 0.15) is 45.6 Å². The summed E-state index contributed by atoms with van der Waals surface area (Å²) in [5.74, 6) is 0.679. The van der Waals surface area contributed by atoms with Gasteiger partial charge in [0.05, 0.1) is 7.11 Å². The highest BCUT2D eigenvalue weighted by molar-refractivity contribution is 5.87. The Morgan fingerprint density at radius 2 is 1.83 bits per heavy atom. The van der Waals surface area contributed by atoms with E-state index in [2.05, 4.69) is 5.32 Å². The molecule has 1 rings (SSSR count). The van der Waals surface area contributed by atoms with Gasteiger partial charge in [-0.1, -0.05) is 32.9 Å². The van der Waals surface area contributed by atoms with Crippen LogP contribution in [0.4, 0.5) is 0 Å². The van der Waals surface area contributed by atoms with Gasteiger partial charge in [0.15, 0.2) is 0 Å². The summed E-state index contributed by atoms with van der Waals surface area (Å²) in [6.07, 6.45) is 1.85. The van der Waals surface area contributed by atoms with Crippen LogP contribution >= 0.6 is 0 Å². The molecule has 0 aliphatic heterocycles. The molecule has 128 valence electrons. The fraction of sp³-hybridized carbons (Fsp3) is 0.556. The number of methoxy groups -OCH3 is 1. The van der Waals surface area contributed by atoms with Gasteiger partial charge in [-0.3, -0.25) is 9.59 Å². The first kappa shape index (κ1) is 19.0. The lowest BCUT2D eigenvalue weighted by Gasteiger charge is -2.30. The smallest absolute Gasteiger partial charge is 0.242 e. The third-order valence-corrected chi connectivity index (χ3v) is 3.75. The molecule has 2 amide bonds. The zero-order chi connectivity index (χ0) is 17.2. The Morgan fingerprint density at radius 1 is 1.17 bits per heavy atom. The van der Waals surface area contributed by atoms with E-state index < -0.39 is 6.04 Å². The molecule has 1 unspecified atom stereocenters. The minimum absolute atomic E-state index is 0.0145. The van der Waals surface area contributed by atoms with Gasteiger partial charge in [0.1, 0.15) is 11.8 Å². The summed E-state index contributed by atoms with van der Waals surface area (Å²) in [7, 11) is 1.62. The van der Waals surface area contributed by atoms with Gasteiger partial charge < -0.3 is 15.0 Å². The highest BCUT2D eigenvalue weighted by Crippen LogP contribution is 2.16. The number of nitrogens with zero attached hydrogens (tertiary/aromatic N) is 1. The first-order chi connectivity index (χ1) is 11.1. The minimum atomic E-state index is -0.434. The lowest BCUT2D eigenvalue weighted by atomic mass is 10.1. The van der Waals surface area contributed by atoms with Crippen molar-refractivity contribution in [2.75, 3.05) is 13.7 Å². The standard InChI is InChI=1S/C18H28N2O3/c1-5-12-19-18(22)16(6-2)20(17(21)7-3)13-14-8-10-15(23-4)11-9-14/h8-11,16H,5-7,12-13H2,1-4H3,(H,19,22). The Balaban J connectivity index is 2.92. The Kier molecular flexibility index (Phi) is 8.16. The summed E-state index contributed by atoms with van der Waals surface area (Å²) in [4.78, 5) is 26.4. The van der Waals surface area contributed by atoms with Gasteiger partial charge >= 0.3 is 0 Å². The number of nitrogens with one attached hydrogen (secondary N) is 1. The van der Waals surface area contributed by atoms with E-state index in [1.807, 2.05) is 45.0 Å². The Hall–Kier alpha value is -2.04. The largest absolute Gasteiger partial charge is 0.497 e. The number of amides is 2. The van der Waals surface area contributed by atoms with Crippen LogP contribution in [0.2, 0.25) is 0 Å². The zero-order valence-electron chi connectivity index (χ0n) is 14.6. The lowest BCUT2D eigenvalue weighted by Crippen LogP contribution is -2.49. The van der Waals surface area contributed by atoms with Gasteiger partial charge in [0.25, 0.3) is 0 Å². The molecule has 0 aliphatic rings. The van der Waals surface area contributed by atoms with E-state index in [1.54, 1.807) is 12.0 Å². The molecule has 1 aromatic carbocycles. The SMILES string of the molecule is CCCNC(=O)C(CC)N(Cc1ccc(OC)cc1)C(=O)CC. The van der Waals surface area contributed by atoms with Gasteiger partial charge in [-0.2, -0.15) is 0 Å². The maximum atomic E-state index is 12.4. The van der Waals surface area contributed by atoms with E-state index >= 15 is 0 Å². The van der Waals surface area contributed by atoms with Crippen LogP contribution in [0, 0.1) is 0 Å². The average Bonchev–Trinajstić information content (AvgIpc) is 2.59. The third-order valence-electron chi connectivity index (χ3n) is 3.75. The molecule has 0 aromatic heterocycles. The van der Waals surface area contributed by atoms with E-state index in [4.69, 9.17) is 4.74 Å². The van der Waals surface area contributed by atoms with Gasteiger partial charge in [-0.05, 0) is 30.5 Å². The number of carbonyl (C=O) groups excluding carboxylic acids is 2. The van der Waals surface area contributed by atoms with Crippen LogP contribution in [0.25, 0.3) is 0 Å². The van der Waals surface area contributed by atoms with Crippen LogP contribution in [0.5, 0.6) is 5.75 Å². The van der Waals surface area contributed by atoms with Crippen molar-refractivity contribution in [3.63, 3.8) is 0 Å². The van der Waals surface area contributed by atoms with Crippen LogP contribution in [-0.2, 0) is 16.1 Å². The van der Waals surface area contributed by atoms with Crippen molar-refractivity contribution in [1.29, 1.82) is 0 Å². The molecule has 5 heteroatoms. The first-order valence-electron chi connectivity index (χ1n) is 8.27. The number of carbonyl (C=O) groups is 2. The van der Waals surface area contributed by atoms with Crippen molar-refractivity contribution in [2.45, 2.75) is 52.6 Å². The van der Waals surface area contributed by atoms with Crippen LogP contribution in [0.15, 0.2) is 24.3 Å². The topological polar surface area (TPSA) is 58.6 Å². The first-order valence-corrected chi connectivity index (χ1v) is 8.27. The van der Waals surface area contributed by atoms with E-state index in [-0.39, 0.29) is 11.8 Å². The van der Waals surface area contributed by atoms with Crippen LogP contribution < -0.4 is 10.1 Å². The average molecular weight is 320 g/mol. The van der Waals surface area contributed by atoms with E-state index in [0.29, 0.717) is 25.9 Å². The number of benzene rings is 1. The van der Waals surface area contributed by atoms with Crippen LogP contribution in [0.3, 0.4) is 0 Å². The monoisotopic (exact) mass is 320 g/mol. The summed E-state index contributed by atoms with van der Waals surface area (Å²) in [6, 6.07) is 7.14. The summed E-state index contributed by atoms with van der Waals surface area (Å²) < 4.78 is 5.15. The van der Waals surface area contributed by atoms with E-state index in [9.17, 15) is 9.59 Å². The molecular weight excluding hydrogens is 292 g/mol. The molecular formula is C18H28N2O3. The zero-order valence-corrected chi connectivity index (χ0v) is 14.6. The highest BCUT2D eigenvalue weighted by atomic mass is 16.5. The minimum Gasteiger partial charge on any atom is -0.497 e. The maximum absolute atomic E-state index is 12.4. The second kappa shape index (κ2) is 9.87. The molecule has 0 spiro atoms. The molecule has 0 fully saturated rings. The van der Waals surface area contributed by atoms with Crippen molar-refractivity contribution >= 4 is 11.8 Å². The molecule has 0 radical (unpaired) electrons. The van der Waals surface area contributed by atoms with Gasteiger partial charge in [0, 0.05) is 19.5 Å². The van der Waals surface area contributed by atoms with Crippen LogP contribution in [-0.4, -0.2) is 36.4 Å². The summed E-state index contributed by atoms with van der Waals surface area (Å²) in [6.45, 7) is 6.81. The number of hydrogen-bond acceptors (Lipinski definition) is 3. The van der Waals surface area contributed by atoms with Crippen molar-refractivity contribution in [1.82, 2.24) is 10.2 Å². The Bertz CT molecular complexity index is 499. The molecule has 0 aliphatic carbocycles. The number of rotatable bonds is 9. The molecule has 0 bridgehead atoms. The molecule has 1 aromatic rings. The number of ether oxygens (including phenoxy) is 1. The van der Waals surface area contributed by atoms with Crippen molar-refractivity contribution in [2.24, 2.45) is 0 Å². The van der Waals surface area contributed by atoms with Crippen molar-refractivity contribution in [3.05, 3.63) is 29.8 Å². The highest BCUT2D eigenvalue weighted by Gasteiger charge is 2.27. The van der Waals surface area contributed by atoms with Crippen molar-refractivity contribution in [3.8, 4) is 5.75 Å². The molecule has 0 saturated heterocycles. The number of hydrogen-bond donors (Lipinski definition) is 1. The maximum Gasteiger partial charge on any atom is 0.242 e. The fourth-order valence-corrected chi connectivity index (χ4v) is 2.42. The second-order valence-corrected chi connectivity index (χ2v) is 5.44. The van der Waals surface area contributed by atoms with Gasteiger partial charge in [-0.25, -0.2) is 0 Å². The second-order valence-electron chi connectivity index (χ2n) is 5.44. The normalized spacial score (nSPS) is 11.7. The predicted molar refractivity (Wildman–Crippen MR) is 91.2 cm³/mol. The van der Waals surface area contributed by atoms with Crippen molar-refractivity contribution < 1.29 is 14.3 Å². The molecule has 5 nitrogen and oxygen atoms in total. The Labute approximate surface area is 139 Å². The molecule has 0 saturated carbocycles. The Morgan fingerprint density at radius 3 is 2.30 bits per heavy atom. The summed E-state index contributed by atoms with van der Waals surface area (Å²) >= 11 is 0. The quantitative estimate of drug-likeness (QED) is 0.761. The third kappa shape index (κ3) is 5.58. The fourth-order valence-electron chi connectivity index (χ4n) is 2.42. The summed E-state index contributed by atoms with van der Waals surface area (Å²) in [5.41, 5.74) is 0.981. The summed E-state index contributed by atoms with van der Waals surface area (Å²) in [5, 5.41) is 2.89. The molecule has 23 heavy (non-hydrogen) atoms. The lowest BCUT2D eigenvalue weighted by molar-refractivity contribution is -0.141.